The number of imidazole rings is 1. The van der Waals surface area contributed by atoms with E-state index in [9.17, 15) is 19.8 Å². The van der Waals surface area contributed by atoms with Crippen molar-refractivity contribution in [2.45, 2.75) is 13.0 Å². The molecule has 1 unspecified atom stereocenters. The zero-order valence-corrected chi connectivity index (χ0v) is 20.3. The van der Waals surface area contributed by atoms with Crippen LogP contribution in [-0.4, -0.2) is 36.3 Å². The molecule has 0 bridgehead atoms. The summed E-state index contributed by atoms with van der Waals surface area (Å²) in [5.41, 5.74) is 2.49. The fourth-order valence-electron chi connectivity index (χ4n) is 4.52. The number of phenolic OH excluding ortho intramolecular Hbond substituents is 1. The summed E-state index contributed by atoms with van der Waals surface area (Å²) in [6.45, 7) is 1.73. The van der Waals surface area contributed by atoms with Gasteiger partial charge in [-0.1, -0.05) is 41.1 Å². The summed E-state index contributed by atoms with van der Waals surface area (Å²) in [7, 11) is 0. The van der Waals surface area contributed by atoms with Crippen LogP contribution in [0.3, 0.4) is 0 Å². The molecular weight excluding hydrogens is 500 g/mol. The van der Waals surface area contributed by atoms with Crippen molar-refractivity contribution >= 4 is 61.4 Å². The summed E-state index contributed by atoms with van der Waals surface area (Å²) in [4.78, 5) is 37.2. The predicted molar refractivity (Wildman–Crippen MR) is 137 cm³/mol. The summed E-state index contributed by atoms with van der Waals surface area (Å²) < 4.78 is 2.42. The fourth-order valence-corrected chi connectivity index (χ4v) is 5.79. The van der Waals surface area contributed by atoms with Crippen molar-refractivity contribution in [3.8, 4) is 5.75 Å². The second kappa shape index (κ2) is 8.18. The van der Waals surface area contributed by atoms with Gasteiger partial charge < -0.3 is 10.2 Å². The minimum Gasteiger partial charge on any atom is -0.508 e. The van der Waals surface area contributed by atoms with Gasteiger partial charge in [0.05, 0.1) is 27.5 Å². The summed E-state index contributed by atoms with van der Waals surface area (Å²) in [5, 5.41) is 22.2. The van der Waals surface area contributed by atoms with Crippen LogP contribution in [-0.2, 0) is 9.59 Å². The van der Waals surface area contributed by atoms with Gasteiger partial charge in [0.2, 0.25) is 0 Å². The molecule has 6 rings (SSSR count). The number of thiazole rings is 1. The summed E-state index contributed by atoms with van der Waals surface area (Å²) in [6, 6.07) is 15.7. The minimum absolute atomic E-state index is 0.0305. The van der Waals surface area contributed by atoms with Gasteiger partial charge in [0.1, 0.15) is 17.1 Å². The van der Waals surface area contributed by atoms with Crippen molar-refractivity contribution in [1.82, 2.24) is 14.4 Å². The molecule has 8 nitrogen and oxygen atoms in total. The third-order valence-electron chi connectivity index (χ3n) is 6.13. The van der Waals surface area contributed by atoms with Gasteiger partial charge in [-0.3, -0.25) is 18.9 Å². The van der Waals surface area contributed by atoms with Crippen molar-refractivity contribution < 1.29 is 19.8 Å². The van der Waals surface area contributed by atoms with Gasteiger partial charge in [-0.25, -0.2) is 9.97 Å². The molecular formula is C26H17ClN4O4S. The quantitative estimate of drug-likeness (QED) is 0.193. The van der Waals surface area contributed by atoms with Crippen LogP contribution in [0, 0.1) is 6.92 Å². The van der Waals surface area contributed by atoms with E-state index >= 15 is 0 Å². The number of rotatable bonds is 3. The SMILES string of the molecule is Cc1nc2ccccn2c1/C(O)=C1\C(=O)C(=O)N(c2nc3ccc(Cl)cc3s2)C1c1ccc(O)cc1. The monoisotopic (exact) mass is 516 g/mol. The minimum atomic E-state index is -0.977. The number of fused-ring (bicyclic) bond motifs is 2. The van der Waals surface area contributed by atoms with Crippen LogP contribution in [0.25, 0.3) is 21.6 Å². The number of amides is 1. The number of Topliss-reactive ketones (excluding diaryl/α,β-unsaturated/α-hetero) is 1. The first-order valence-corrected chi connectivity index (χ1v) is 12.1. The number of aryl methyl sites for hydroxylation is 1. The predicted octanol–water partition coefficient (Wildman–Crippen LogP) is 5.24. The van der Waals surface area contributed by atoms with E-state index in [0.717, 1.165) is 4.70 Å². The Hall–Kier alpha value is -4.21. The Balaban J connectivity index is 1.61. The smallest absolute Gasteiger partial charge is 0.301 e. The molecule has 178 valence electrons. The lowest BCUT2D eigenvalue weighted by atomic mass is 9.96. The average Bonchev–Trinajstić information content (AvgIpc) is 3.50. The Morgan fingerprint density at radius 2 is 1.83 bits per heavy atom. The van der Waals surface area contributed by atoms with Crippen LogP contribution in [0.5, 0.6) is 5.75 Å². The lowest BCUT2D eigenvalue weighted by Gasteiger charge is -2.23. The van der Waals surface area contributed by atoms with E-state index < -0.39 is 17.7 Å². The van der Waals surface area contributed by atoms with Crippen molar-refractivity contribution in [1.29, 1.82) is 0 Å². The van der Waals surface area contributed by atoms with Gasteiger partial charge >= 0.3 is 5.91 Å². The Bertz CT molecular complexity index is 1740. The first kappa shape index (κ1) is 22.3. The molecule has 1 aliphatic rings. The highest BCUT2D eigenvalue weighted by molar-refractivity contribution is 7.22. The van der Waals surface area contributed by atoms with Crippen molar-refractivity contribution in [2.75, 3.05) is 4.90 Å². The molecule has 4 heterocycles. The molecule has 1 atom stereocenters. The van der Waals surface area contributed by atoms with Crippen LogP contribution in [0.15, 0.2) is 72.4 Å². The molecule has 1 saturated heterocycles. The van der Waals surface area contributed by atoms with Crippen LogP contribution in [0.4, 0.5) is 5.13 Å². The van der Waals surface area contributed by atoms with Crippen molar-refractivity contribution in [3.05, 3.63) is 94.4 Å². The molecule has 0 saturated carbocycles. The molecule has 1 amide bonds. The highest BCUT2D eigenvalue weighted by Crippen LogP contribution is 2.45. The van der Waals surface area contributed by atoms with Gasteiger partial charge in [-0.2, -0.15) is 0 Å². The van der Waals surface area contributed by atoms with Gasteiger partial charge in [-0.05, 0) is 55.0 Å². The van der Waals surface area contributed by atoms with Crippen LogP contribution in [0.2, 0.25) is 5.02 Å². The lowest BCUT2D eigenvalue weighted by molar-refractivity contribution is -0.132. The molecule has 0 aliphatic carbocycles. The number of benzene rings is 2. The Labute approximate surface area is 213 Å². The highest BCUT2D eigenvalue weighted by atomic mass is 35.5. The number of carbonyl (C=O) groups excluding carboxylic acids is 2. The van der Waals surface area contributed by atoms with Crippen LogP contribution < -0.4 is 4.90 Å². The summed E-state index contributed by atoms with van der Waals surface area (Å²) in [5.74, 6) is -1.96. The van der Waals surface area contributed by atoms with E-state index in [1.807, 2.05) is 6.07 Å². The van der Waals surface area contributed by atoms with E-state index in [0.29, 0.717) is 38.3 Å². The maximum Gasteiger partial charge on any atom is 0.301 e. The molecule has 0 radical (unpaired) electrons. The van der Waals surface area contributed by atoms with Gasteiger partial charge in [0.15, 0.2) is 10.9 Å². The Morgan fingerprint density at radius 3 is 2.61 bits per heavy atom. The Morgan fingerprint density at radius 1 is 1.06 bits per heavy atom. The number of hydrogen-bond donors (Lipinski definition) is 2. The molecule has 1 fully saturated rings. The molecule has 2 aromatic carbocycles. The third-order valence-corrected chi connectivity index (χ3v) is 7.38. The summed E-state index contributed by atoms with van der Waals surface area (Å²) >= 11 is 7.35. The number of hydrogen-bond acceptors (Lipinski definition) is 7. The molecule has 10 heteroatoms. The standard InChI is InChI=1S/C26H17ClN4O4S/c1-13-21(30-11-3-2-4-19(30)28-13)23(33)20-22(14-5-8-16(32)9-6-14)31(25(35)24(20)34)26-29-17-10-7-15(27)12-18(17)36-26/h2-12,22,32-33H,1H3/b23-20+. The number of aromatic hydroxyl groups is 1. The van der Waals surface area contributed by atoms with E-state index in [1.54, 1.807) is 60.0 Å². The van der Waals surface area contributed by atoms with E-state index in [1.165, 1.54) is 28.4 Å². The van der Waals surface area contributed by atoms with Crippen molar-refractivity contribution in [2.24, 2.45) is 0 Å². The molecule has 1 aliphatic heterocycles. The number of anilines is 1. The topological polar surface area (TPSA) is 108 Å². The second-order valence-corrected chi connectivity index (χ2v) is 9.79. The first-order valence-electron chi connectivity index (χ1n) is 10.9. The number of aliphatic hydroxyl groups excluding tert-OH is 1. The number of ketones is 1. The number of aromatic nitrogens is 3. The number of halogens is 1. The van der Waals surface area contributed by atoms with Gasteiger partial charge in [0.25, 0.3) is 5.78 Å². The maximum absolute atomic E-state index is 13.5. The summed E-state index contributed by atoms with van der Waals surface area (Å²) in [6.07, 6.45) is 1.73. The molecule has 3 aromatic heterocycles. The molecule has 0 spiro atoms. The largest absolute Gasteiger partial charge is 0.508 e. The zero-order valence-electron chi connectivity index (χ0n) is 18.7. The number of nitrogens with zero attached hydrogens (tertiary/aromatic N) is 4. The number of aliphatic hydroxyl groups is 1. The van der Waals surface area contributed by atoms with Crippen molar-refractivity contribution in [3.63, 3.8) is 0 Å². The van der Waals surface area contributed by atoms with Gasteiger partial charge in [-0.15, -0.1) is 0 Å². The Kier molecular flexibility index (Phi) is 5.06. The first-order chi connectivity index (χ1) is 17.3. The average molecular weight is 517 g/mol. The zero-order chi connectivity index (χ0) is 25.1. The number of pyridine rings is 1. The molecule has 5 aromatic rings. The number of carbonyl (C=O) groups is 2. The number of phenols is 1. The molecule has 36 heavy (non-hydrogen) atoms. The van der Waals surface area contributed by atoms with E-state index in [2.05, 4.69) is 9.97 Å². The third kappa shape index (κ3) is 3.35. The lowest BCUT2D eigenvalue weighted by Crippen LogP contribution is -2.29. The fraction of sp³-hybridized carbons (Fsp3) is 0.0769. The van der Waals surface area contributed by atoms with Gasteiger partial charge in [0, 0.05) is 11.2 Å². The highest BCUT2D eigenvalue weighted by Gasteiger charge is 2.48. The van der Waals surface area contributed by atoms with Crippen LogP contribution >= 0.6 is 22.9 Å². The molecule has 2 N–H and O–H groups in total. The van der Waals surface area contributed by atoms with E-state index in [4.69, 9.17) is 11.6 Å². The van der Waals surface area contributed by atoms with E-state index in [-0.39, 0.29) is 17.1 Å². The van der Waals surface area contributed by atoms with Crippen LogP contribution in [0.1, 0.15) is 23.0 Å². The normalized spacial score (nSPS) is 17.5. The second-order valence-electron chi connectivity index (χ2n) is 8.34. The maximum atomic E-state index is 13.5.